The maximum absolute atomic E-state index is 13.1. The monoisotopic (exact) mass is 484 g/mol. The molecule has 1 fully saturated rings. The molecule has 1 amide bonds. The minimum Gasteiger partial charge on any atom is -0.507 e. The van der Waals surface area contributed by atoms with Crippen molar-refractivity contribution in [3.8, 4) is 5.75 Å². The fourth-order valence-electron chi connectivity index (χ4n) is 4.23. The van der Waals surface area contributed by atoms with Gasteiger partial charge in [-0.2, -0.15) is 0 Å². The molecule has 0 spiro atoms. The molecule has 6 nitrogen and oxygen atoms in total. The van der Waals surface area contributed by atoms with Crippen molar-refractivity contribution < 1.29 is 19.4 Å². The van der Waals surface area contributed by atoms with Gasteiger partial charge in [-0.25, -0.2) is 0 Å². The Morgan fingerprint density at radius 3 is 2.24 bits per heavy atom. The standard InChI is InChI=1S/C27H33ClN2O4/c1-5-29(6-2)16-7-17-30-24(19-10-14-22(15-11-19)34-18(3)4)23(26(32)27(30)33)25(31)20-8-12-21(28)13-9-20/h8-15,18,24,31H,5-7,16-17H2,1-4H3/b25-23-. The molecular weight excluding hydrogens is 452 g/mol. The molecular formula is C27H33ClN2O4. The molecule has 1 atom stereocenters. The van der Waals surface area contributed by atoms with Crippen LogP contribution in [0.25, 0.3) is 5.76 Å². The van der Waals surface area contributed by atoms with Crippen LogP contribution in [0, 0.1) is 0 Å². The number of aliphatic hydroxyl groups excluding tert-OH is 1. The number of aliphatic hydroxyl groups is 1. The molecule has 1 saturated heterocycles. The average molecular weight is 485 g/mol. The normalized spacial score (nSPS) is 17.7. The van der Waals surface area contributed by atoms with E-state index in [4.69, 9.17) is 16.3 Å². The maximum Gasteiger partial charge on any atom is 0.295 e. The maximum atomic E-state index is 13.1. The van der Waals surface area contributed by atoms with Crippen LogP contribution in [0.15, 0.2) is 54.1 Å². The van der Waals surface area contributed by atoms with E-state index in [1.165, 1.54) is 0 Å². The van der Waals surface area contributed by atoms with Gasteiger partial charge in [-0.05, 0) is 81.9 Å². The summed E-state index contributed by atoms with van der Waals surface area (Å²) in [5, 5.41) is 11.6. The van der Waals surface area contributed by atoms with E-state index in [-0.39, 0.29) is 17.4 Å². The van der Waals surface area contributed by atoms with Gasteiger partial charge < -0.3 is 19.6 Å². The van der Waals surface area contributed by atoms with Crippen molar-refractivity contribution in [2.75, 3.05) is 26.2 Å². The lowest BCUT2D eigenvalue weighted by molar-refractivity contribution is -0.140. The number of hydrogen-bond acceptors (Lipinski definition) is 5. The summed E-state index contributed by atoms with van der Waals surface area (Å²) in [6, 6.07) is 13.2. The Hall–Kier alpha value is -2.83. The van der Waals surface area contributed by atoms with Gasteiger partial charge in [0.25, 0.3) is 11.7 Å². The highest BCUT2D eigenvalue weighted by atomic mass is 35.5. The van der Waals surface area contributed by atoms with Crippen LogP contribution in [0.2, 0.25) is 5.02 Å². The van der Waals surface area contributed by atoms with Crippen molar-refractivity contribution in [1.29, 1.82) is 0 Å². The number of rotatable bonds is 10. The Labute approximate surface area is 206 Å². The topological polar surface area (TPSA) is 70.1 Å². The van der Waals surface area contributed by atoms with Crippen molar-refractivity contribution in [3.05, 3.63) is 70.3 Å². The lowest BCUT2D eigenvalue weighted by Crippen LogP contribution is -2.33. The molecule has 0 aliphatic carbocycles. The van der Waals surface area contributed by atoms with Crippen LogP contribution < -0.4 is 4.74 Å². The first kappa shape index (κ1) is 25.8. The number of likely N-dealkylation sites (tertiary alicyclic amines) is 1. The predicted octanol–water partition coefficient (Wildman–Crippen LogP) is 5.28. The zero-order valence-corrected chi connectivity index (χ0v) is 21.0. The zero-order chi connectivity index (χ0) is 24.8. The van der Waals surface area contributed by atoms with Gasteiger partial charge in [0.05, 0.1) is 17.7 Å². The Balaban J connectivity index is 2.01. The lowest BCUT2D eigenvalue weighted by atomic mass is 9.95. The van der Waals surface area contributed by atoms with Crippen molar-refractivity contribution in [2.24, 2.45) is 0 Å². The van der Waals surface area contributed by atoms with Gasteiger partial charge in [-0.1, -0.05) is 37.6 Å². The minimum atomic E-state index is -0.680. The summed E-state index contributed by atoms with van der Waals surface area (Å²) in [6.45, 7) is 11.2. The summed E-state index contributed by atoms with van der Waals surface area (Å²) in [5.74, 6) is -0.769. The number of halogens is 1. The van der Waals surface area contributed by atoms with Crippen LogP contribution in [0.4, 0.5) is 0 Å². The number of carbonyl (C=O) groups is 2. The zero-order valence-electron chi connectivity index (χ0n) is 20.3. The molecule has 34 heavy (non-hydrogen) atoms. The van der Waals surface area contributed by atoms with E-state index < -0.39 is 17.7 Å². The number of ketones is 1. The summed E-state index contributed by atoms with van der Waals surface area (Å²) < 4.78 is 5.74. The predicted molar refractivity (Wildman–Crippen MR) is 135 cm³/mol. The van der Waals surface area contributed by atoms with Gasteiger partial charge in [0.15, 0.2) is 0 Å². The summed E-state index contributed by atoms with van der Waals surface area (Å²) >= 11 is 5.99. The molecule has 3 rings (SSSR count). The van der Waals surface area contributed by atoms with Crippen LogP contribution in [0.3, 0.4) is 0 Å². The lowest BCUT2D eigenvalue weighted by Gasteiger charge is -2.27. The molecule has 7 heteroatoms. The number of amides is 1. The van der Waals surface area contributed by atoms with Gasteiger partial charge in [-0.15, -0.1) is 0 Å². The average Bonchev–Trinajstić information content (AvgIpc) is 3.07. The van der Waals surface area contributed by atoms with E-state index >= 15 is 0 Å². The Bertz CT molecular complexity index is 1030. The number of hydrogen-bond donors (Lipinski definition) is 1. The summed E-state index contributed by atoms with van der Waals surface area (Å²) in [4.78, 5) is 30.1. The molecule has 0 aromatic heterocycles. The van der Waals surface area contributed by atoms with Crippen molar-refractivity contribution in [3.63, 3.8) is 0 Å². The second-order valence-corrected chi connectivity index (χ2v) is 9.05. The van der Waals surface area contributed by atoms with E-state index in [0.29, 0.717) is 22.9 Å². The van der Waals surface area contributed by atoms with Crippen LogP contribution in [-0.4, -0.2) is 58.9 Å². The number of benzene rings is 2. The Morgan fingerprint density at radius 2 is 1.68 bits per heavy atom. The van der Waals surface area contributed by atoms with E-state index in [2.05, 4.69) is 18.7 Å². The molecule has 0 bridgehead atoms. The molecule has 1 N–H and O–H groups in total. The number of nitrogens with zero attached hydrogens (tertiary/aromatic N) is 2. The second kappa shape index (κ2) is 11.5. The number of Topliss-reactive ketones (excluding diaryl/α,β-unsaturated/α-hetero) is 1. The number of ether oxygens (including phenoxy) is 1. The third-order valence-corrected chi connectivity index (χ3v) is 6.25. The quantitative estimate of drug-likeness (QED) is 0.282. The molecule has 1 heterocycles. The third-order valence-electron chi connectivity index (χ3n) is 5.99. The highest BCUT2D eigenvalue weighted by Gasteiger charge is 2.45. The Kier molecular flexibility index (Phi) is 8.75. The van der Waals surface area contributed by atoms with E-state index in [1.807, 2.05) is 38.1 Å². The minimum absolute atomic E-state index is 0.0291. The first-order chi connectivity index (χ1) is 16.3. The van der Waals surface area contributed by atoms with E-state index in [1.54, 1.807) is 29.2 Å². The largest absolute Gasteiger partial charge is 0.507 e. The number of carbonyl (C=O) groups excluding carboxylic acids is 2. The van der Waals surface area contributed by atoms with Gasteiger partial charge >= 0.3 is 0 Å². The van der Waals surface area contributed by atoms with Crippen LogP contribution in [0.1, 0.15) is 51.3 Å². The van der Waals surface area contributed by atoms with Crippen molar-refractivity contribution in [2.45, 2.75) is 46.3 Å². The van der Waals surface area contributed by atoms with Crippen molar-refractivity contribution in [1.82, 2.24) is 9.80 Å². The fourth-order valence-corrected chi connectivity index (χ4v) is 4.35. The van der Waals surface area contributed by atoms with E-state index in [9.17, 15) is 14.7 Å². The van der Waals surface area contributed by atoms with Crippen LogP contribution in [0.5, 0.6) is 5.75 Å². The summed E-state index contributed by atoms with van der Waals surface area (Å²) in [6.07, 6.45) is 0.752. The van der Waals surface area contributed by atoms with Crippen molar-refractivity contribution >= 4 is 29.1 Å². The Morgan fingerprint density at radius 1 is 1.06 bits per heavy atom. The highest BCUT2D eigenvalue weighted by molar-refractivity contribution is 6.46. The second-order valence-electron chi connectivity index (χ2n) is 8.62. The smallest absolute Gasteiger partial charge is 0.295 e. The molecule has 1 aliphatic rings. The molecule has 2 aromatic rings. The highest BCUT2D eigenvalue weighted by Crippen LogP contribution is 2.40. The van der Waals surface area contributed by atoms with Gasteiger partial charge in [0.1, 0.15) is 11.5 Å². The van der Waals surface area contributed by atoms with Gasteiger partial charge in [-0.3, -0.25) is 9.59 Å². The van der Waals surface area contributed by atoms with Gasteiger partial charge in [0.2, 0.25) is 0 Å². The van der Waals surface area contributed by atoms with Crippen LogP contribution in [-0.2, 0) is 9.59 Å². The first-order valence-corrected chi connectivity index (χ1v) is 12.2. The van der Waals surface area contributed by atoms with Gasteiger partial charge in [0, 0.05) is 17.1 Å². The molecule has 0 radical (unpaired) electrons. The molecule has 1 aliphatic heterocycles. The molecule has 2 aromatic carbocycles. The SMILES string of the molecule is CCN(CC)CCCN1C(=O)C(=O)/C(=C(\O)c2ccc(Cl)cc2)C1c1ccc(OC(C)C)cc1. The first-order valence-electron chi connectivity index (χ1n) is 11.8. The summed E-state index contributed by atoms with van der Waals surface area (Å²) in [7, 11) is 0. The summed E-state index contributed by atoms with van der Waals surface area (Å²) in [5.41, 5.74) is 1.27. The molecule has 0 saturated carbocycles. The fraction of sp³-hybridized carbons (Fsp3) is 0.407. The molecule has 182 valence electrons. The third kappa shape index (κ3) is 5.80. The molecule has 1 unspecified atom stereocenters. The van der Waals surface area contributed by atoms with Crippen LogP contribution >= 0.6 is 11.6 Å². The van der Waals surface area contributed by atoms with E-state index in [0.717, 1.165) is 31.6 Å².